The predicted molar refractivity (Wildman–Crippen MR) is 66.2 cm³/mol. The summed E-state index contributed by atoms with van der Waals surface area (Å²) in [6, 6.07) is 10.6. The average Bonchev–Trinajstić information content (AvgIpc) is 2.33. The van der Waals surface area contributed by atoms with Crippen molar-refractivity contribution in [1.82, 2.24) is 5.32 Å². The van der Waals surface area contributed by atoms with Gasteiger partial charge in [-0.25, -0.2) is 0 Å². The van der Waals surface area contributed by atoms with Crippen LogP contribution in [-0.2, 0) is 11.3 Å². The molecule has 0 aromatic heterocycles. The molecule has 2 atom stereocenters. The molecular weight excluding hydrogens is 198 g/mol. The van der Waals surface area contributed by atoms with Crippen molar-refractivity contribution in [2.45, 2.75) is 19.9 Å². The van der Waals surface area contributed by atoms with Crippen LogP contribution in [0.2, 0.25) is 0 Å². The maximum Gasteiger partial charge on any atom is 0.0494 e. The Bertz CT molecular complexity index is 299. The fourth-order valence-corrected chi connectivity index (χ4v) is 2.23. The van der Waals surface area contributed by atoms with Gasteiger partial charge in [-0.1, -0.05) is 37.3 Å². The minimum absolute atomic E-state index is 0.692. The molecule has 2 rings (SSSR count). The molecule has 0 aliphatic carbocycles. The maximum atomic E-state index is 5.45. The Labute approximate surface area is 98.0 Å². The van der Waals surface area contributed by atoms with Crippen LogP contribution in [0.25, 0.3) is 0 Å². The van der Waals surface area contributed by atoms with Crippen molar-refractivity contribution in [1.29, 1.82) is 0 Å². The molecule has 2 nitrogen and oxygen atoms in total. The Morgan fingerprint density at radius 3 is 2.88 bits per heavy atom. The number of benzene rings is 1. The van der Waals surface area contributed by atoms with Crippen LogP contribution in [0.1, 0.15) is 18.9 Å². The molecule has 1 heterocycles. The Kier molecular flexibility index (Phi) is 4.37. The molecule has 88 valence electrons. The van der Waals surface area contributed by atoms with Crippen LogP contribution in [-0.4, -0.2) is 19.8 Å². The molecule has 1 N–H and O–H groups in total. The zero-order chi connectivity index (χ0) is 11.2. The Morgan fingerprint density at radius 1 is 1.31 bits per heavy atom. The number of rotatable bonds is 4. The summed E-state index contributed by atoms with van der Waals surface area (Å²) in [5.74, 6) is 1.47. The third-order valence-electron chi connectivity index (χ3n) is 3.40. The molecular formula is C14H21NO. The van der Waals surface area contributed by atoms with Crippen LogP contribution in [0.15, 0.2) is 30.3 Å². The van der Waals surface area contributed by atoms with Crippen LogP contribution >= 0.6 is 0 Å². The van der Waals surface area contributed by atoms with Gasteiger partial charge in [0.1, 0.15) is 0 Å². The van der Waals surface area contributed by atoms with Gasteiger partial charge in [0.2, 0.25) is 0 Å². The molecule has 0 amide bonds. The highest BCUT2D eigenvalue weighted by atomic mass is 16.5. The molecule has 1 saturated heterocycles. The van der Waals surface area contributed by atoms with E-state index in [1.807, 2.05) is 0 Å². The molecule has 1 aromatic rings. The van der Waals surface area contributed by atoms with Crippen LogP contribution in [0.5, 0.6) is 0 Å². The molecule has 1 aliphatic rings. The second-order valence-electron chi connectivity index (χ2n) is 4.72. The van der Waals surface area contributed by atoms with Gasteiger partial charge in [0.15, 0.2) is 0 Å². The first-order chi connectivity index (χ1) is 7.86. The molecule has 16 heavy (non-hydrogen) atoms. The van der Waals surface area contributed by atoms with E-state index < -0.39 is 0 Å². The van der Waals surface area contributed by atoms with Crippen molar-refractivity contribution in [2.75, 3.05) is 19.8 Å². The monoisotopic (exact) mass is 219 g/mol. The zero-order valence-electron chi connectivity index (χ0n) is 9.99. The normalized spacial score (nSPS) is 25.6. The third-order valence-corrected chi connectivity index (χ3v) is 3.40. The molecule has 1 aromatic carbocycles. The predicted octanol–water partition coefficient (Wildman–Crippen LogP) is 2.45. The molecule has 0 radical (unpaired) electrons. The summed E-state index contributed by atoms with van der Waals surface area (Å²) in [5.41, 5.74) is 1.36. The van der Waals surface area contributed by atoms with Crippen molar-refractivity contribution in [3.8, 4) is 0 Å². The van der Waals surface area contributed by atoms with Gasteiger partial charge in [0, 0.05) is 19.8 Å². The largest absolute Gasteiger partial charge is 0.381 e. The van der Waals surface area contributed by atoms with Gasteiger partial charge in [-0.3, -0.25) is 0 Å². The van der Waals surface area contributed by atoms with Gasteiger partial charge >= 0.3 is 0 Å². The Hall–Kier alpha value is -0.860. The topological polar surface area (TPSA) is 21.3 Å². The molecule has 1 fully saturated rings. The summed E-state index contributed by atoms with van der Waals surface area (Å²) in [6.07, 6.45) is 1.20. The molecule has 2 unspecified atom stereocenters. The summed E-state index contributed by atoms with van der Waals surface area (Å²) in [7, 11) is 0. The van der Waals surface area contributed by atoms with Crippen LogP contribution in [0.3, 0.4) is 0 Å². The van der Waals surface area contributed by atoms with Crippen molar-refractivity contribution in [2.24, 2.45) is 11.8 Å². The fraction of sp³-hybridized carbons (Fsp3) is 0.571. The van der Waals surface area contributed by atoms with Crippen molar-refractivity contribution in [3.05, 3.63) is 35.9 Å². The lowest BCUT2D eigenvalue weighted by Crippen LogP contribution is -2.33. The van der Waals surface area contributed by atoms with Gasteiger partial charge in [-0.2, -0.15) is 0 Å². The molecule has 1 aliphatic heterocycles. The van der Waals surface area contributed by atoms with Crippen LogP contribution < -0.4 is 5.32 Å². The van der Waals surface area contributed by atoms with E-state index in [-0.39, 0.29) is 0 Å². The minimum atomic E-state index is 0.692. The van der Waals surface area contributed by atoms with Gasteiger partial charge in [0.25, 0.3) is 0 Å². The van der Waals surface area contributed by atoms with Gasteiger partial charge in [0.05, 0.1) is 0 Å². The number of hydrogen-bond donors (Lipinski definition) is 1. The van der Waals surface area contributed by atoms with Gasteiger partial charge < -0.3 is 10.1 Å². The van der Waals surface area contributed by atoms with E-state index in [4.69, 9.17) is 4.74 Å². The van der Waals surface area contributed by atoms with E-state index in [2.05, 4.69) is 42.6 Å². The molecule has 0 saturated carbocycles. The van der Waals surface area contributed by atoms with E-state index in [9.17, 15) is 0 Å². The van der Waals surface area contributed by atoms with Crippen molar-refractivity contribution in [3.63, 3.8) is 0 Å². The van der Waals surface area contributed by atoms with Gasteiger partial charge in [-0.05, 0) is 30.4 Å². The smallest absolute Gasteiger partial charge is 0.0494 e. The number of ether oxygens (including phenoxy) is 1. The van der Waals surface area contributed by atoms with Crippen LogP contribution in [0.4, 0.5) is 0 Å². The summed E-state index contributed by atoms with van der Waals surface area (Å²) in [4.78, 5) is 0. The van der Waals surface area contributed by atoms with Crippen LogP contribution in [0, 0.1) is 11.8 Å². The van der Waals surface area contributed by atoms with E-state index in [1.54, 1.807) is 0 Å². The minimum Gasteiger partial charge on any atom is -0.381 e. The van der Waals surface area contributed by atoms with E-state index in [0.717, 1.165) is 32.2 Å². The van der Waals surface area contributed by atoms with Crippen molar-refractivity contribution < 1.29 is 4.74 Å². The Morgan fingerprint density at radius 2 is 2.12 bits per heavy atom. The molecule has 0 spiro atoms. The first-order valence-corrected chi connectivity index (χ1v) is 6.18. The standard InChI is InChI=1S/C14H21NO/c1-12-11-16-8-7-14(12)10-15-9-13-5-3-2-4-6-13/h2-6,12,14-15H,7-11H2,1H3. The fourth-order valence-electron chi connectivity index (χ4n) is 2.23. The Balaban J connectivity index is 1.71. The second kappa shape index (κ2) is 6.02. The maximum absolute atomic E-state index is 5.45. The van der Waals surface area contributed by atoms with Gasteiger partial charge in [-0.15, -0.1) is 0 Å². The lowest BCUT2D eigenvalue weighted by Gasteiger charge is -2.29. The first kappa shape index (κ1) is 11.6. The number of hydrogen-bond acceptors (Lipinski definition) is 2. The highest BCUT2D eigenvalue weighted by Gasteiger charge is 2.20. The van der Waals surface area contributed by atoms with E-state index >= 15 is 0 Å². The number of nitrogens with one attached hydrogen (secondary N) is 1. The SMILES string of the molecule is CC1COCCC1CNCc1ccccc1. The third kappa shape index (κ3) is 3.32. The summed E-state index contributed by atoms with van der Waals surface area (Å²) >= 11 is 0. The second-order valence-corrected chi connectivity index (χ2v) is 4.72. The highest BCUT2D eigenvalue weighted by molar-refractivity contribution is 5.14. The lowest BCUT2D eigenvalue weighted by atomic mass is 9.90. The molecule has 2 heteroatoms. The summed E-state index contributed by atoms with van der Waals surface area (Å²) < 4.78 is 5.45. The average molecular weight is 219 g/mol. The van der Waals surface area contributed by atoms with E-state index in [0.29, 0.717) is 5.92 Å². The summed E-state index contributed by atoms with van der Waals surface area (Å²) in [6.45, 7) is 6.23. The quantitative estimate of drug-likeness (QED) is 0.840. The van der Waals surface area contributed by atoms with E-state index in [1.165, 1.54) is 12.0 Å². The first-order valence-electron chi connectivity index (χ1n) is 6.18. The molecule has 0 bridgehead atoms. The lowest BCUT2D eigenvalue weighted by molar-refractivity contribution is 0.0244. The van der Waals surface area contributed by atoms with Crippen molar-refractivity contribution >= 4 is 0 Å². The summed E-state index contributed by atoms with van der Waals surface area (Å²) in [5, 5.41) is 3.55. The zero-order valence-corrected chi connectivity index (χ0v) is 9.99. The highest BCUT2D eigenvalue weighted by Crippen LogP contribution is 2.20.